The average molecular weight is 311 g/mol. The molecule has 0 amide bonds. The molecule has 1 aliphatic heterocycles. The zero-order valence-electron chi connectivity index (χ0n) is 12.4. The minimum absolute atomic E-state index is 0.222. The maximum Gasteiger partial charge on any atom is 0.343 e. The number of rotatable bonds is 3. The molecule has 0 saturated heterocycles. The first kappa shape index (κ1) is 13.6. The van der Waals surface area contributed by atoms with E-state index < -0.39 is 5.97 Å². The zero-order chi connectivity index (χ0) is 15.8. The number of carbonyl (C=O) groups excluding carboxylic acids is 1. The first-order chi connectivity index (χ1) is 11.3. The number of nitrogens with zero attached hydrogens (tertiary/aromatic N) is 3. The predicted molar refractivity (Wildman–Crippen MR) is 80.5 cm³/mol. The Morgan fingerprint density at radius 3 is 3.04 bits per heavy atom. The molecule has 0 N–H and O–H groups in total. The van der Waals surface area contributed by atoms with Gasteiger partial charge in [-0.05, 0) is 31.2 Å². The molecule has 23 heavy (non-hydrogen) atoms. The molecule has 0 bridgehead atoms. The second-order valence-corrected chi connectivity index (χ2v) is 4.91. The fourth-order valence-corrected chi connectivity index (χ4v) is 2.52. The molecule has 0 aliphatic carbocycles. The first-order valence-corrected chi connectivity index (χ1v) is 7.18. The van der Waals surface area contributed by atoms with Crippen LogP contribution < -0.4 is 9.47 Å². The van der Waals surface area contributed by atoms with Gasteiger partial charge in [-0.3, -0.25) is 0 Å². The summed E-state index contributed by atoms with van der Waals surface area (Å²) in [5.41, 5.74) is 2.48. The van der Waals surface area contributed by atoms with E-state index in [1.54, 1.807) is 17.6 Å². The third-order valence-corrected chi connectivity index (χ3v) is 3.56. The Morgan fingerprint density at radius 2 is 2.17 bits per heavy atom. The highest BCUT2D eigenvalue weighted by atomic mass is 16.7. The van der Waals surface area contributed by atoms with Crippen LogP contribution in [0, 0.1) is 0 Å². The lowest BCUT2D eigenvalue weighted by atomic mass is 10.1. The van der Waals surface area contributed by atoms with Gasteiger partial charge in [-0.2, -0.15) is 5.10 Å². The molecule has 7 heteroatoms. The molecule has 2 aromatic heterocycles. The van der Waals surface area contributed by atoms with Crippen LogP contribution in [-0.2, 0) is 4.74 Å². The van der Waals surface area contributed by atoms with Crippen molar-refractivity contribution in [1.82, 2.24) is 14.6 Å². The number of esters is 1. The van der Waals surface area contributed by atoms with Gasteiger partial charge in [0.1, 0.15) is 5.56 Å². The molecule has 0 radical (unpaired) electrons. The average Bonchev–Trinajstić information content (AvgIpc) is 3.20. The molecule has 1 aromatic carbocycles. The Kier molecular flexibility index (Phi) is 3.11. The molecule has 1 aliphatic rings. The van der Waals surface area contributed by atoms with Crippen molar-refractivity contribution < 1.29 is 19.0 Å². The molecule has 116 valence electrons. The number of ether oxygens (including phenoxy) is 3. The smallest absolute Gasteiger partial charge is 0.343 e. The lowest BCUT2D eigenvalue weighted by Gasteiger charge is -2.06. The lowest BCUT2D eigenvalue weighted by Crippen LogP contribution is -2.05. The van der Waals surface area contributed by atoms with Gasteiger partial charge in [0.15, 0.2) is 17.1 Å². The standard InChI is InChI=1S/C16H13N3O4/c1-2-21-16(20)11-8-18-19-12(5-6-17-15(11)19)10-3-4-13-14(7-10)23-9-22-13/h3-8H,2,9H2,1H3. The van der Waals surface area contributed by atoms with Crippen LogP contribution in [0.3, 0.4) is 0 Å². The molecule has 0 atom stereocenters. The summed E-state index contributed by atoms with van der Waals surface area (Å²) in [4.78, 5) is 16.2. The van der Waals surface area contributed by atoms with Gasteiger partial charge in [0.2, 0.25) is 6.79 Å². The molecule has 3 aromatic rings. The Bertz CT molecular complexity index is 903. The van der Waals surface area contributed by atoms with Crippen LogP contribution in [0.2, 0.25) is 0 Å². The largest absolute Gasteiger partial charge is 0.462 e. The van der Waals surface area contributed by atoms with E-state index >= 15 is 0 Å². The number of carbonyl (C=O) groups is 1. The maximum atomic E-state index is 12.0. The predicted octanol–water partition coefficient (Wildman–Crippen LogP) is 2.30. The second-order valence-electron chi connectivity index (χ2n) is 4.91. The number of aromatic nitrogens is 3. The summed E-state index contributed by atoms with van der Waals surface area (Å²) in [7, 11) is 0. The number of fused-ring (bicyclic) bond motifs is 2. The molecule has 0 fully saturated rings. The van der Waals surface area contributed by atoms with Crippen molar-refractivity contribution in [3.05, 3.63) is 42.2 Å². The summed E-state index contributed by atoms with van der Waals surface area (Å²) in [6, 6.07) is 7.46. The highest BCUT2D eigenvalue weighted by Crippen LogP contribution is 2.35. The van der Waals surface area contributed by atoms with E-state index in [0.29, 0.717) is 29.3 Å². The summed E-state index contributed by atoms with van der Waals surface area (Å²) in [6.45, 7) is 2.28. The van der Waals surface area contributed by atoms with Crippen molar-refractivity contribution in [2.45, 2.75) is 6.92 Å². The van der Waals surface area contributed by atoms with E-state index in [2.05, 4.69) is 10.1 Å². The molecule has 0 spiro atoms. The van der Waals surface area contributed by atoms with Gasteiger partial charge in [0, 0.05) is 11.8 Å². The molecule has 7 nitrogen and oxygen atoms in total. The highest BCUT2D eigenvalue weighted by Gasteiger charge is 2.19. The van der Waals surface area contributed by atoms with Crippen molar-refractivity contribution in [3.8, 4) is 22.8 Å². The van der Waals surface area contributed by atoms with Crippen LogP contribution in [0.15, 0.2) is 36.7 Å². The summed E-state index contributed by atoms with van der Waals surface area (Å²) < 4.78 is 17.4. The van der Waals surface area contributed by atoms with E-state index in [1.807, 2.05) is 24.3 Å². The Labute approximate surface area is 131 Å². The van der Waals surface area contributed by atoms with Gasteiger partial charge in [-0.1, -0.05) is 0 Å². The van der Waals surface area contributed by atoms with Crippen molar-refractivity contribution in [2.75, 3.05) is 13.4 Å². The van der Waals surface area contributed by atoms with Crippen molar-refractivity contribution >= 4 is 11.6 Å². The summed E-state index contributed by atoms with van der Waals surface area (Å²) in [5.74, 6) is 0.967. The van der Waals surface area contributed by atoms with Crippen LogP contribution in [-0.4, -0.2) is 34.0 Å². The summed E-state index contributed by atoms with van der Waals surface area (Å²) in [6.07, 6.45) is 3.11. The van der Waals surface area contributed by atoms with Gasteiger partial charge >= 0.3 is 5.97 Å². The van der Waals surface area contributed by atoms with Gasteiger partial charge < -0.3 is 14.2 Å². The van der Waals surface area contributed by atoms with E-state index in [-0.39, 0.29) is 6.79 Å². The minimum atomic E-state index is -0.433. The molecule has 3 heterocycles. The van der Waals surface area contributed by atoms with Gasteiger partial charge in [-0.15, -0.1) is 0 Å². The van der Waals surface area contributed by atoms with E-state index in [0.717, 1.165) is 11.3 Å². The van der Waals surface area contributed by atoms with Crippen molar-refractivity contribution in [1.29, 1.82) is 0 Å². The topological polar surface area (TPSA) is 75.0 Å². The monoisotopic (exact) mass is 311 g/mol. The minimum Gasteiger partial charge on any atom is -0.462 e. The van der Waals surface area contributed by atoms with E-state index in [4.69, 9.17) is 14.2 Å². The Balaban J connectivity index is 1.83. The Hall–Kier alpha value is -3.09. The second kappa shape index (κ2) is 5.28. The molecular formula is C16H13N3O4. The van der Waals surface area contributed by atoms with E-state index in [9.17, 15) is 4.79 Å². The fourth-order valence-electron chi connectivity index (χ4n) is 2.52. The van der Waals surface area contributed by atoms with Crippen LogP contribution in [0.1, 0.15) is 17.3 Å². The number of hydrogen-bond acceptors (Lipinski definition) is 6. The third-order valence-electron chi connectivity index (χ3n) is 3.56. The van der Waals surface area contributed by atoms with Gasteiger partial charge in [0.05, 0.1) is 18.5 Å². The third kappa shape index (κ3) is 2.17. The molecule has 0 saturated carbocycles. The van der Waals surface area contributed by atoms with Crippen LogP contribution >= 0.6 is 0 Å². The van der Waals surface area contributed by atoms with Gasteiger partial charge in [0.25, 0.3) is 0 Å². The molecule has 0 unspecified atom stereocenters. The van der Waals surface area contributed by atoms with E-state index in [1.165, 1.54) is 6.20 Å². The normalized spacial score (nSPS) is 12.6. The zero-order valence-corrected chi connectivity index (χ0v) is 12.4. The summed E-state index contributed by atoms with van der Waals surface area (Å²) in [5, 5.41) is 4.27. The quantitative estimate of drug-likeness (QED) is 0.691. The number of hydrogen-bond donors (Lipinski definition) is 0. The van der Waals surface area contributed by atoms with Crippen LogP contribution in [0.5, 0.6) is 11.5 Å². The summed E-state index contributed by atoms with van der Waals surface area (Å²) >= 11 is 0. The fraction of sp³-hybridized carbons (Fsp3) is 0.188. The lowest BCUT2D eigenvalue weighted by molar-refractivity contribution is 0.0528. The molecular weight excluding hydrogens is 298 g/mol. The Morgan fingerprint density at radius 1 is 1.30 bits per heavy atom. The van der Waals surface area contributed by atoms with Crippen LogP contribution in [0.25, 0.3) is 16.9 Å². The van der Waals surface area contributed by atoms with Crippen LogP contribution in [0.4, 0.5) is 0 Å². The highest BCUT2D eigenvalue weighted by molar-refractivity contribution is 5.96. The number of benzene rings is 1. The molecule has 4 rings (SSSR count). The van der Waals surface area contributed by atoms with Crippen molar-refractivity contribution in [2.24, 2.45) is 0 Å². The van der Waals surface area contributed by atoms with Gasteiger partial charge in [-0.25, -0.2) is 14.3 Å². The maximum absolute atomic E-state index is 12.0. The first-order valence-electron chi connectivity index (χ1n) is 7.18. The SMILES string of the molecule is CCOC(=O)c1cnn2c(-c3ccc4c(c3)OCO4)ccnc12. The van der Waals surface area contributed by atoms with Crippen molar-refractivity contribution in [3.63, 3.8) is 0 Å².